The number of fused-ring (bicyclic) bond motifs is 6. The lowest BCUT2D eigenvalue weighted by molar-refractivity contribution is 1.12. The summed E-state index contributed by atoms with van der Waals surface area (Å²) < 4.78 is 4.56. The number of hydrogen-bond donors (Lipinski definition) is 0. The van der Waals surface area contributed by atoms with E-state index in [1.165, 1.54) is 11.1 Å². The van der Waals surface area contributed by atoms with Crippen LogP contribution in [0.4, 0.5) is 0 Å². The van der Waals surface area contributed by atoms with E-state index in [1.807, 2.05) is 25.3 Å². The second-order valence-corrected chi connectivity index (χ2v) is 13.6. The first-order valence-electron chi connectivity index (χ1n) is 17.9. The summed E-state index contributed by atoms with van der Waals surface area (Å²) in [5.74, 6) is 0. The lowest BCUT2D eigenvalue weighted by Crippen LogP contribution is -2.05. The molecule has 0 fully saturated rings. The highest BCUT2D eigenvalue weighted by atomic mass is 15.0. The van der Waals surface area contributed by atoms with Gasteiger partial charge in [0, 0.05) is 33.4 Å². The summed E-state index contributed by atoms with van der Waals surface area (Å²) in [6.07, 6.45) is 1.86. The highest BCUT2D eigenvalue weighted by Crippen LogP contribution is 2.41. The minimum atomic E-state index is 0.601. The molecule has 248 valence electrons. The van der Waals surface area contributed by atoms with Gasteiger partial charge in [-0.1, -0.05) is 109 Å². The standard InChI is InChI=1S/C49H32N4/c1-32-26-37(24-25-51-32)38-29-48(52-44-18-10-8-16-39(44)41-27-35(20-22-46(41)52)33-12-4-2-5-13-33)43(31-50)49(30-38)53-45-19-11-9-17-40(45)42-28-36(21-23-47(42)53)34-14-6-3-7-15-34/h2-30H,1H3. The van der Waals surface area contributed by atoms with Crippen molar-refractivity contribution in [2.75, 3.05) is 0 Å². The Morgan fingerprint density at radius 1 is 0.415 bits per heavy atom. The van der Waals surface area contributed by atoms with Gasteiger partial charge < -0.3 is 9.13 Å². The first-order valence-corrected chi connectivity index (χ1v) is 17.9. The van der Waals surface area contributed by atoms with Gasteiger partial charge in [0.2, 0.25) is 0 Å². The number of nitrogens with zero attached hydrogens (tertiary/aromatic N) is 4. The van der Waals surface area contributed by atoms with Crippen LogP contribution in [-0.2, 0) is 0 Å². The SMILES string of the molecule is Cc1cc(-c2cc(-n3c4ccccc4c4cc(-c5ccccc5)ccc43)c(C#N)c(-n3c4ccccc4c4cc(-c5ccccc5)ccc43)c2)ccn1. The minimum Gasteiger partial charge on any atom is -0.308 e. The van der Waals surface area contributed by atoms with E-state index in [2.05, 4.69) is 178 Å². The van der Waals surface area contributed by atoms with Gasteiger partial charge in [-0.05, 0) is 101 Å². The summed E-state index contributed by atoms with van der Waals surface area (Å²) >= 11 is 0. The Kier molecular flexibility index (Phi) is 7.06. The average Bonchev–Trinajstić information content (AvgIpc) is 3.73. The van der Waals surface area contributed by atoms with Gasteiger partial charge in [0.05, 0.1) is 33.4 Å². The van der Waals surface area contributed by atoms with Crippen LogP contribution in [0.25, 0.3) is 88.4 Å². The van der Waals surface area contributed by atoms with Crippen LogP contribution in [0.2, 0.25) is 0 Å². The molecule has 0 saturated carbocycles. The second kappa shape index (κ2) is 12.2. The molecule has 4 heteroatoms. The summed E-state index contributed by atoms with van der Waals surface area (Å²) in [6.45, 7) is 2.02. The zero-order valence-electron chi connectivity index (χ0n) is 29.0. The van der Waals surface area contributed by atoms with Crippen molar-refractivity contribution in [3.05, 3.63) is 187 Å². The first kappa shape index (κ1) is 30.6. The molecular formula is C49H32N4. The van der Waals surface area contributed by atoms with Crippen molar-refractivity contribution in [1.82, 2.24) is 14.1 Å². The molecule has 4 nitrogen and oxygen atoms in total. The van der Waals surface area contributed by atoms with E-state index in [0.717, 1.165) is 82.9 Å². The molecule has 0 N–H and O–H groups in total. The number of hydrogen-bond acceptors (Lipinski definition) is 2. The number of benzene rings is 7. The lowest BCUT2D eigenvalue weighted by atomic mass is 10.00. The predicted octanol–water partition coefficient (Wildman–Crippen LogP) is 12.5. The Balaban J connectivity index is 1.31. The van der Waals surface area contributed by atoms with Crippen LogP contribution in [-0.4, -0.2) is 14.1 Å². The van der Waals surface area contributed by atoms with Crippen molar-refractivity contribution in [2.45, 2.75) is 6.92 Å². The topological polar surface area (TPSA) is 46.5 Å². The summed E-state index contributed by atoms with van der Waals surface area (Å²) in [5.41, 5.74) is 14.1. The summed E-state index contributed by atoms with van der Waals surface area (Å²) in [7, 11) is 0. The number of aryl methyl sites for hydroxylation is 1. The zero-order valence-corrected chi connectivity index (χ0v) is 29.0. The maximum atomic E-state index is 11.3. The van der Waals surface area contributed by atoms with E-state index in [4.69, 9.17) is 0 Å². The normalized spacial score (nSPS) is 11.5. The Morgan fingerprint density at radius 3 is 1.36 bits per heavy atom. The van der Waals surface area contributed by atoms with Crippen molar-refractivity contribution in [3.8, 4) is 50.8 Å². The van der Waals surface area contributed by atoms with Gasteiger partial charge >= 0.3 is 0 Å². The molecule has 3 aromatic heterocycles. The van der Waals surface area contributed by atoms with E-state index in [0.29, 0.717) is 5.56 Å². The summed E-state index contributed by atoms with van der Waals surface area (Å²) in [5, 5.41) is 15.9. The second-order valence-electron chi connectivity index (χ2n) is 13.6. The van der Waals surface area contributed by atoms with Gasteiger partial charge in [-0.25, -0.2) is 0 Å². The monoisotopic (exact) mass is 676 g/mol. The van der Waals surface area contributed by atoms with Crippen molar-refractivity contribution < 1.29 is 0 Å². The largest absolute Gasteiger partial charge is 0.308 e. The lowest BCUT2D eigenvalue weighted by Gasteiger charge is -2.18. The minimum absolute atomic E-state index is 0.601. The smallest absolute Gasteiger partial charge is 0.104 e. The number of pyridine rings is 1. The van der Waals surface area contributed by atoms with Crippen molar-refractivity contribution in [2.24, 2.45) is 0 Å². The Bertz CT molecular complexity index is 2890. The van der Waals surface area contributed by atoms with Crippen LogP contribution < -0.4 is 0 Å². The highest BCUT2D eigenvalue weighted by molar-refractivity contribution is 6.12. The van der Waals surface area contributed by atoms with Crippen LogP contribution in [0.5, 0.6) is 0 Å². The van der Waals surface area contributed by atoms with Crippen LogP contribution in [0.3, 0.4) is 0 Å². The molecule has 0 unspecified atom stereocenters. The fourth-order valence-corrected chi connectivity index (χ4v) is 8.06. The van der Waals surface area contributed by atoms with Gasteiger partial charge in [0.1, 0.15) is 11.6 Å². The predicted molar refractivity (Wildman–Crippen MR) is 219 cm³/mol. The number of para-hydroxylation sites is 2. The fraction of sp³-hybridized carbons (Fsp3) is 0.0204. The van der Waals surface area contributed by atoms with Crippen molar-refractivity contribution >= 4 is 43.6 Å². The summed E-state index contributed by atoms with van der Waals surface area (Å²) in [6, 6.07) is 62.6. The first-order chi connectivity index (χ1) is 26.2. The Morgan fingerprint density at radius 2 is 0.868 bits per heavy atom. The molecule has 53 heavy (non-hydrogen) atoms. The van der Waals surface area contributed by atoms with Crippen LogP contribution in [0, 0.1) is 18.3 Å². The maximum absolute atomic E-state index is 11.3. The number of rotatable bonds is 5. The molecule has 0 bridgehead atoms. The molecule has 0 amide bonds. The number of aromatic nitrogens is 3. The zero-order chi connectivity index (χ0) is 35.5. The maximum Gasteiger partial charge on any atom is 0.104 e. The molecule has 0 spiro atoms. The Hall–Kier alpha value is -7.22. The average molecular weight is 677 g/mol. The molecule has 10 aromatic rings. The summed E-state index contributed by atoms with van der Waals surface area (Å²) in [4.78, 5) is 4.51. The van der Waals surface area contributed by atoms with Crippen molar-refractivity contribution in [1.29, 1.82) is 5.26 Å². The van der Waals surface area contributed by atoms with E-state index in [1.54, 1.807) is 0 Å². The molecule has 3 heterocycles. The van der Waals surface area contributed by atoms with Gasteiger partial charge in [-0.2, -0.15) is 5.26 Å². The third-order valence-electron chi connectivity index (χ3n) is 10.5. The Labute approximate surface area is 307 Å². The van der Waals surface area contributed by atoms with Crippen molar-refractivity contribution in [3.63, 3.8) is 0 Å². The highest BCUT2D eigenvalue weighted by Gasteiger charge is 2.23. The van der Waals surface area contributed by atoms with Crippen LogP contribution >= 0.6 is 0 Å². The van der Waals surface area contributed by atoms with Gasteiger partial charge in [-0.15, -0.1) is 0 Å². The van der Waals surface area contributed by atoms with E-state index in [9.17, 15) is 5.26 Å². The van der Waals surface area contributed by atoms with E-state index < -0.39 is 0 Å². The third-order valence-corrected chi connectivity index (χ3v) is 10.5. The molecule has 7 aromatic carbocycles. The molecular weight excluding hydrogens is 645 g/mol. The van der Waals surface area contributed by atoms with E-state index in [-0.39, 0.29) is 0 Å². The number of nitriles is 1. The van der Waals surface area contributed by atoms with Gasteiger partial charge in [0.25, 0.3) is 0 Å². The van der Waals surface area contributed by atoms with E-state index >= 15 is 0 Å². The third kappa shape index (κ3) is 4.94. The van der Waals surface area contributed by atoms with Crippen LogP contribution in [0.15, 0.2) is 176 Å². The molecule has 0 atom stereocenters. The quantitative estimate of drug-likeness (QED) is 0.182. The molecule has 0 aliphatic carbocycles. The molecule has 0 saturated heterocycles. The van der Waals surface area contributed by atoms with Gasteiger partial charge in [0.15, 0.2) is 0 Å². The van der Waals surface area contributed by atoms with Gasteiger partial charge in [-0.3, -0.25) is 4.98 Å². The molecule has 10 rings (SSSR count). The van der Waals surface area contributed by atoms with Crippen LogP contribution in [0.1, 0.15) is 11.3 Å². The molecule has 0 aliphatic heterocycles. The molecule has 0 aliphatic rings. The fourth-order valence-electron chi connectivity index (χ4n) is 8.06. The molecule has 0 radical (unpaired) electrons.